The molecule has 1 saturated heterocycles. The largest absolute Gasteiger partial charge is 0.497 e. The lowest BCUT2D eigenvalue weighted by Crippen LogP contribution is -2.32. The molecule has 2 heterocycles. The topological polar surface area (TPSA) is 45.3 Å². The van der Waals surface area contributed by atoms with Gasteiger partial charge in [0.15, 0.2) is 3.95 Å². The lowest BCUT2D eigenvalue weighted by Gasteiger charge is -2.25. The molecule has 1 amide bonds. The van der Waals surface area contributed by atoms with E-state index in [1.54, 1.807) is 7.11 Å². The molecular weight excluding hydrogens is 340 g/mol. The molecule has 1 fully saturated rings. The molecule has 1 aliphatic heterocycles. The fraction of sp³-hybridized carbons (Fsp3) is 0.444. The lowest BCUT2D eigenvalue weighted by atomic mass is 10.0. The summed E-state index contributed by atoms with van der Waals surface area (Å²) in [5.41, 5.74) is 2.18. The van der Waals surface area contributed by atoms with Crippen molar-refractivity contribution in [2.75, 3.05) is 13.7 Å². The van der Waals surface area contributed by atoms with Gasteiger partial charge in [0, 0.05) is 17.1 Å². The molecule has 24 heavy (non-hydrogen) atoms. The first kappa shape index (κ1) is 17.2. The van der Waals surface area contributed by atoms with Crippen molar-refractivity contribution in [3.63, 3.8) is 0 Å². The monoisotopic (exact) mass is 362 g/mol. The minimum absolute atomic E-state index is 0.144. The Morgan fingerprint density at radius 3 is 2.71 bits per heavy atom. The fourth-order valence-corrected chi connectivity index (χ4v) is 4.59. The van der Waals surface area contributed by atoms with Crippen molar-refractivity contribution in [1.82, 2.24) is 9.88 Å². The Balaban J connectivity index is 1.80. The summed E-state index contributed by atoms with van der Waals surface area (Å²) in [7, 11) is 1.66. The number of thiazole rings is 1. The number of rotatable bonds is 4. The van der Waals surface area contributed by atoms with E-state index in [2.05, 4.69) is 24.0 Å². The molecule has 1 aromatic carbocycles. The van der Waals surface area contributed by atoms with Gasteiger partial charge >= 0.3 is 0 Å². The molecule has 2 atom stereocenters. The highest BCUT2D eigenvalue weighted by molar-refractivity contribution is 7.73. The average Bonchev–Trinajstić information content (AvgIpc) is 3.10. The summed E-state index contributed by atoms with van der Waals surface area (Å²) in [5.74, 6) is 1.52. The zero-order valence-corrected chi connectivity index (χ0v) is 15.8. The van der Waals surface area contributed by atoms with Crippen molar-refractivity contribution < 1.29 is 9.53 Å². The van der Waals surface area contributed by atoms with Gasteiger partial charge in [-0.3, -0.25) is 4.79 Å². The smallest absolute Gasteiger partial charge is 0.228 e. The van der Waals surface area contributed by atoms with Gasteiger partial charge in [-0.05, 0) is 49.2 Å². The number of benzene rings is 1. The van der Waals surface area contributed by atoms with Gasteiger partial charge in [-0.1, -0.05) is 19.1 Å². The van der Waals surface area contributed by atoms with Crippen LogP contribution < -0.4 is 4.74 Å². The molecule has 0 bridgehead atoms. The number of carbonyl (C=O) groups excluding carboxylic acids is 1. The van der Waals surface area contributed by atoms with Crippen molar-refractivity contribution in [2.24, 2.45) is 5.92 Å². The highest BCUT2D eigenvalue weighted by atomic mass is 32.1. The Morgan fingerprint density at radius 1 is 1.42 bits per heavy atom. The first-order valence-electron chi connectivity index (χ1n) is 8.10. The van der Waals surface area contributed by atoms with Gasteiger partial charge in [0.05, 0.1) is 19.6 Å². The Labute approximate surface area is 151 Å². The predicted octanol–water partition coefficient (Wildman–Crippen LogP) is 4.27. The summed E-state index contributed by atoms with van der Waals surface area (Å²) in [4.78, 5) is 19.1. The first-order valence-corrected chi connectivity index (χ1v) is 9.32. The highest BCUT2D eigenvalue weighted by Crippen LogP contribution is 2.36. The zero-order valence-electron chi connectivity index (χ0n) is 14.2. The van der Waals surface area contributed by atoms with Crippen LogP contribution in [0.3, 0.4) is 0 Å². The second-order valence-corrected chi connectivity index (χ2v) is 8.19. The van der Waals surface area contributed by atoms with Gasteiger partial charge in [0.1, 0.15) is 5.75 Å². The lowest BCUT2D eigenvalue weighted by molar-refractivity contribution is -0.131. The molecule has 0 saturated carbocycles. The number of aromatic amines is 1. The number of H-pyrrole nitrogens is 1. The second-order valence-electron chi connectivity index (χ2n) is 6.42. The zero-order chi connectivity index (χ0) is 17.3. The van der Waals surface area contributed by atoms with Crippen molar-refractivity contribution in [1.29, 1.82) is 0 Å². The van der Waals surface area contributed by atoms with Crippen LogP contribution >= 0.6 is 23.6 Å². The maximum absolute atomic E-state index is 12.9. The van der Waals surface area contributed by atoms with Crippen LogP contribution in [-0.2, 0) is 11.2 Å². The highest BCUT2D eigenvalue weighted by Gasteiger charge is 2.34. The number of aryl methyl sites for hydroxylation is 1. The van der Waals surface area contributed by atoms with E-state index in [0.717, 1.165) is 33.2 Å². The van der Waals surface area contributed by atoms with Gasteiger partial charge < -0.3 is 14.6 Å². The van der Waals surface area contributed by atoms with E-state index in [-0.39, 0.29) is 11.9 Å². The molecule has 128 valence electrons. The molecule has 0 aliphatic carbocycles. The van der Waals surface area contributed by atoms with Crippen LogP contribution in [0.4, 0.5) is 0 Å². The van der Waals surface area contributed by atoms with Crippen molar-refractivity contribution in [3.05, 3.63) is 44.4 Å². The quantitative estimate of drug-likeness (QED) is 0.826. The number of ether oxygens (including phenoxy) is 1. The molecular formula is C18H22N2O2S2. The SMILES string of the molecule is COc1ccc([C@@H]2C[C@H](C)CN2C(=O)Cc2sc(=S)[nH]c2C)cc1. The van der Waals surface area contributed by atoms with Crippen LogP contribution in [0, 0.1) is 16.8 Å². The van der Waals surface area contributed by atoms with Crippen LogP contribution in [0.15, 0.2) is 24.3 Å². The molecule has 0 spiro atoms. The summed E-state index contributed by atoms with van der Waals surface area (Å²) in [6.07, 6.45) is 1.42. The number of nitrogens with zero attached hydrogens (tertiary/aromatic N) is 1. The summed E-state index contributed by atoms with van der Waals surface area (Å²) in [6, 6.07) is 8.19. The Morgan fingerprint density at radius 2 is 2.12 bits per heavy atom. The van der Waals surface area contributed by atoms with E-state index in [4.69, 9.17) is 17.0 Å². The number of carbonyl (C=O) groups is 1. The Kier molecular flexibility index (Phi) is 5.06. The summed E-state index contributed by atoms with van der Waals surface area (Å²) in [5, 5.41) is 0. The standard InChI is InChI=1S/C18H22N2O2S2/c1-11-8-15(13-4-6-14(22-3)7-5-13)20(10-11)17(21)9-16-12(2)19-18(23)24-16/h4-7,11,15H,8-10H2,1-3H3,(H,19,23)/t11-,15-/m0/s1. The molecule has 0 radical (unpaired) electrons. The minimum atomic E-state index is 0.144. The Bertz CT molecular complexity index is 779. The summed E-state index contributed by atoms with van der Waals surface area (Å²) < 4.78 is 5.96. The maximum Gasteiger partial charge on any atom is 0.228 e. The predicted molar refractivity (Wildman–Crippen MR) is 99.2 cm³/mol. The van der Waals surface area contributed by atoms with Crippen LogP contribution in [0.25, 0.3) is 0 Å². The number of aromatic nitrogens is 1. The third kappa shape index (κ3) is 3.54. The van der Waals surface area contributed by atoms with E-state index < -0.39 is 0 Å². The number of hydrogen-bond donors (Lipinski definition) is 1. The number of hydrogen-bond acceptors (Lipinski definition) is 4. The molecule has 3 rings (SSSR count). The normalized spacial score (nSPS) is 20.4. The Hall–Kier alpha value is -1.66. The van der Waals surface area contributed by atoms with Crippen molar-refractivity contribution in [3.8, 4) is 5.75 Å². The molecule has 4 nitrogen and oxygen atoms in total. The number of likely N-dealkylation sites (tertiary alicyclic amines) is 1. The van der Waals surface area contributed by atoms with Crippen LogP contribution in [-0.4, -0.2) is 29.4 Å². The summed E-state index contributed by atoms with van der Waals surface area (Å²) >= 11 is 6.68. The molecule has 1 aromatic heterocycles. The molecule has 6 heteroatoms. The fourth-order valence-electron chi connectivity index (χ4n) is 3.31. The van der Waals surface area contributed by atoms with Crippen LogP contribution in [0.2, 0.25) is 0 Å². The minimum Gasteiger partial charge on any atom is -0.497 e. The van der Waals surface area contributed by atoms with Gasteiger partial charge in [-0.15, -0.1) is 11.3 Å². The molecule has 2 aromatic rings. The van der Waals surface area contributed by atoms with Crippen LogP contribution in [0.1, 0.15) is 35.5 Å². The average molecular weight is 363 g/mol. The molecule has 0 unspecified atom stereocenters. The van der Waals surface area contributed by atoms with Crippen molar-refractivity contribution in [2.45, 2.75) is 32.7 Å². The number of methoxy groups -OCH3 is 1. The van der Waals surface area contributed by atoms with Gasteiger partial charge in [-0.25, -0.2) is 0 Å². The maximum atomic E-state index is 12.9. The summed E-state index contributed by atoms with van der Waals surface area (Å²) in [6.45, 7) is 4.99. The van der Waals surface area contributed by atoms with Gasteiger partial charge in [0.25, 0.3) is 0 Å². The van der Waals surface area contributed by atoms with Gasteiger partial charge in [0.2, 0.25) is 5.91 Å². The third-order valence-electron chi connectivity index (χ3n) is 4.57. The van der Waals surface area contributed by atoms with Gasteiger partial charge in [-0.2, -0.15) is 0 Å². The number of amides is 1. The number of nitrogens with one attached hydrogen (secondary N) is 1. The van der Waals surface area contributed by atoms with E-state index in [9.17, 15) is 4.79 Å². The first-order chi connectivity index (χ1) is 11.5. The molecule has 1 aliphatic rings. The van der Waals surface area contributed by atoms with Crippen LogP contribution in [0.5, 0.6) is 5.75 Å². The van der Waals surface area contributed by atoms with E-state index >= 15 is 0 Å². The van der Waals surface area contributed by atoms with E-state index in [0.29, 0.717) is 12.3 Å². The second kappa shape index (κ2) is 7.07. The van der Waals surface area contributed by atoms with E-state index in [1.165, 1.54) is 16.9 Å². The molecule has 1 N–H and O–H groups in total. The third-order valence-corrected chi connectivity index (χ3v) is 5.90. The van der Waals surface area contributed by atoms with E-state index in [1.807, 2.05) is 24.0 Å². The van der Waals surface area contributed by atoms with Crippen molar-refractivity contribution >= 4 is 29.5 Å².